The number of aromatic nitrogens is 2. The number of fused-ring (bicyclic) bond motifs is 2. The molecule has 2 heterocycles. The quantitative estimate of drug-likeness (QED) is 0.153. The third kappa shape index (κ3) is 8.09. The number of hydrogen-bond acceptors (Lipinski definition) is 9. The number of hydrogen-bond donors (Lipinski definition) is 1. The third-order valence-corrected chi connectivity index (χ3v) is 9.25. The molecule has 4 rings (SSSR count). The summed E-state index contributed by atoms with van der Waals surface area (Å²) in [4.78, 5) is 4.13. The molecule has 12 nitrogen and oxygen atoms in total. The van der Waals surface area contributed by atoms with Crippen LogP contribution in [0.5, 0.6) is 0 Å². The highest BCUT2D eigenvalue weighted by atomic mass is 32.2. The number of unbranched alkanes of at least 4 members (excludes halogenated alkanes) is 2. The van der Waals surface area contributed by atoms with Crippen molar-refractivity contribution in [2.45, 2.75) is 52.6 Å². The molecule has 45 heavy (non-hydrogen) atoms. The van der Waals surface area contributed by atoms with Crippen LogP contribution in [0.3, 0.4) is 0 Å². The molecule has 0 aliphatic carbocycles. The molecule has 238 valence electrons. The van der Waals surface area contributed by atoms with Crippen LogP contribution in [0, 0.1) is 22.7 Å². The van der Waals surface area contributed by atoms with Crippen LogP contribution in [0.1, 0.15) is 56.5 Å². The highest BCUT2D eigenvalue weighted by Gasteiger charge is 2.30. The van der Waals surface area contributed by atoms with Crippen LogP contribution in [0.15, 0.2) is 54.4 Å². The number of anilines is 2. The van der Waals surface area contributed by atoms with Gasteiger partial charge in [0, 0.05) is 31.0 Å². The van der Waals surface area contributed by atoms with E-state index in [0.29, 0.717) is 50.1 Å². The molecule has 0 bridgehead atoms. The van der Waals surface area contributed by atoms with Gasteiger partial charge in [0.1, 0.15) is 5.82 Å². The van der Waals surface area contributed by atoms with Crippen molar-refractivity contribution >= 4 is 48.7 Å². The van der Waals surface area contributed by atoms with Gasteiger partial charge in [-0.1, -0.05) is 6.08 Å². The van der Waals surface area contributed by atoms with E-state index in [0.717, 1.165) is 34.1 Å². The average Bonchev–Trinajstić information content (AvgIpc) is 3.46. The number of allylic oxidation sites excluding steroid dienone is 2. The molecule has 0 atom stereocenters. The van der Waals surface area contributed by atoms with Gasteiger partial charge >= 0.3 is 0 Å². The first-order valence-electron chi connectivity index (χ1n) is 14.7. The van der Waals surface area contributed by atoms with Crippen LogP contribution in [0.4, 0.5) is 11.4 Å². The molecule has 1 aromatic heterocycles. The molecule has 0 radical (unpaired) electrons. The van der Waals surface area contributed by atoms with E-state index in [4.69, 9.17) is 0 Å². The van der Waals surface area contributed by atoms with E-state index >= 15 is 0 Å². The van der Waals surface area contributed by atoms with Crippen LogP contribution in [0.25, 0.3) is 17.1 Å². The third-order valence-electron chi connectivity index (χ3n) is 7.66. The van der Waals surface area contributed by atoms with Crippen molar-refractivity contribution in [1.82, 2.24) is 4.57 Å². The van der Waals surface area contributed by atoms with Gasteiger partial charge in [-0.05, 0) is 75.9 Å². The normalized spacial score (nSPS) is 14.4. The number of benzene rings is 2. The molecule has 2 aromatic carbocycles. The van der Waals surface area contributed by atoms with Crippen molar-refractivity contribution < 1.29 is 30.5 Å². The second-order valence-corrected chi connectivity index (χ2v) is 13.7. The second-order valence-electron chi connectivity index (χ2n) is 10.6. The van der Waals surface area contributed by atoms with Gasteiger partial charge in [0.2, 0.25) is 0 Å². The van der Waals surface area contributed by atoms with Gasteiger partial charge in [0.05, 0.1) is 63.6 Å². The minimum atomic E-state index is -4.32. The SMILES string of the molecule is CCN1/C(=C\C=C\c2n(CCCCS(=O)(=O)O)c3cc(C#N)ccc3[n+]2CC)N(CCCCS(=O)(=O)[O-])c2cc(C#N)ccc21. The number of aryl methyl sites for hydroxylation is 2. The maximum atomic E-state index is 11.3. The lowest BCUT2D eigenvalue weighted by Gasteiger charge is -2.24. The first-order valence-corrected chi connectivity index (χ1v) is 17.9. The Bertz CT molecular complexity index is 1930. The summed E-state index contributed by atoms with van der Waals surface area (Å²) in [5.41, 5.74) is 4.47. The Morgan fingerprint density at radius 3 is 2.20 bits per heavy atom. The number of nitriles is 2. The summed E-state index contributed by atoms with van der Waals surface area (Å²) in [7, 11) is -8.39. The standard InChI is InChI=1S/C31H36N6O6S2/c1-3-34-26-14-12-24(22-32)20-28(26)36(16-5-7-18-44(38,39)40)30(34)10-9-11-31-35(4-2)27-15-13-25(23-33)21-29(27)37(31)17-6-8-19-45(41,42)43/h9-15,20-21H,3-8,16-19H2,1-2H3,(H-,38,39,40,41,42,43). The van der Waals surface area contributed by atoms with Crippen molar-refractivity contribution in [3.05, 3.63) is 71.3 Å². The minimum absolute atomic E-state index is 0.212. The van der Waals surface area contributed by atoms with Crippen molar-refractivity contribution in [2.75, 3.05) is 34.4 Å². The predicted molar refractivity (Wildman–Crippen MR) is 171 cm³/mol. The lowest BCUT2D eigenvalue weighted by molar-refractivity contribution is -0.670. The molecule has 0 saturated carbocycles. The van der Waals surface area contributed by atoms with Gasteiger partial charge < -0.3 is 14.4 Å². The van der Waals surface area contributed by atoms with Crippen molar-refractivity contribution in [2.24, 2.45) is 0 Å². The number of rotatable bonds is 14. The highest BCUT2D eigenvalue weighted by molar-refractivity contribution is 7.85. The van der Waals surface area contributed by atoms with E-state index in [1.165, 1.54) is 0 Å². The van der Waals surface area contributed by atoms with Gasteiger partial charge in [0.15, 0.2) is 11.0 Å². The molecule has 0 spiro atoms. The van der Waals surface area contributed by atoms with E-state index in [-0.39, 0.29) is 18.6 Å². The first-order chi connectivity index (χ1) is 21.4. The van der Waals surface area contributed by atoms with E-state index in [1.807, 2.05) is 59.7 Å². The Balaban J connectivity index is 1.74. The minimum Gasteiger partial charge on any atom is -0.748 e. The zero-order chi connectivity index (χ0) is 32.8. The van der Waals surface area contributed by atoms with Crippen molar-refractivity contribution in [1.29, 1.82) is 10.5 Å². The van der Waals surface area contributed by atoms with Crippen LogP contribution in [0.2, 0.25) is 0 Å². The Morgan fingerprint density at radius 2 is 1.56 bits per heavy atom. The lowest BCUT2D eigenvalue weighted by Crippen LogP contribution is -2.35. The van der Waals surface area contributed by atoms with Gasteiger partial charge in [0.25, 0.3) is 15.9 Å². The summed E-state index contributed by atoms with van der Waals surface area (Å²) in [5, 5.41) is 19.1. The summed E-state index contributed by atoms with van der Waals surface area (Å²) >= 11 is 0. The van der Waals surface area contributed by atoms with E-state index in [9.17, 15) is 36.5 Å². The topological polar surface area (TPSA) is 174 Å². The maximum Gasteiger partial charge on any atom is 0.282 e. The van der Waals surface area contributed by atoms with Gasteiger partial charge in [-0.3, -0.25) is 4.55 Å². The zero-order valence-electron chi connectivity index (χ0n) is 25.3. The van der Waals surface area contributed by atoms with Crippen molar-refractivity contribution in [3.63, 3.8) is 0 Å². The Morgan fingerprint density at radius 1 is 0.889 bits per heavy atom. The molecule has 1 aliphatic heterocycles. The maximum absolute atomic E-state index is 11.3. The highest BCUT2D eigenvalue weighted by Crippen LogP contribution is 2.42. The molecule has 0 saturated heterocycles. The molecule has 14 heteroatoms. The van der Waals surface area contributed by atoms with Crippen LogP contribution < -0.4 is 14.4 Å². The summed E-state index contributed by atoms with van der Waals surface area (Å²) in [6, 6.07) is 15.3. The Kier molecular flexibility index (Phi) is 10.7. The van der Waals surface area contributed by atoms with Gasteiger partial charge in [-0.15, -0.1) is 0 Å². The Labute approximate surface area is 264 Å². The second kappa shape index (κ2) is 14.3. The molecule has 3 aromatic rings. The van der Waals surface area contributed by atoms with Crippen LogP contribution in [-0.2, 0) is 33.3 Å². The Hall–Kier alpha value is -4.21. The lowest BCUT2D eigenvalue weighted by atomic mass is 10.1. The fourth-order valence-corrected chi connectivity index (χ4v) is 6.80. The molecular formula is C31H36N6O6S2. The molecule has 1 N–H and O–H groups in total. The summed E-state index contributed by atoms with van der Waals surface area (Å²) < 4.78 is 69.4. The number of imidazole rings is 1. The fraction of sp³-hybridized carbons (Fsp3) is 0.387. The van der Waals surface area contributed by atoms with E-state index in [1.54, 1.807) is 18.2 Å². The first kappa shape index (κ1) is 33.7. The fourth-order valence-electron chi connectivity index (χ4n) is 5.68. The van der Waals surface area contributed by atoms with Crippen LogP contribution in [-0.4, -0.2) is 55.1 Å². The van der Waals surface area contributed by atoms with E-state index < -0.39 is 26.0 Å². The summed E-state index contributed by atoms with van der Waals surface area (Å²) in [5.74, 6) is 0.887. The van der Waals surface area contributed by atoms with E-state index in [2.05, 4.69) is 21.6 Å². The monoisotopic (exact) mass is 652 g/mol. The predicted octanol–water partition coefficient (Wildman–Crippen LogP) is 3.89. The summed E-state index contributed by atoms with van der Waals surface area (Å²) in [6.45, 7) is 6.18. The molecule has 0 fully saturated rings. The smallest absolute Gasteiger partial charge is 0.282 e. The summed E-state index contributed by atoms with van der Waals surface area (Å²) in [6.07, 6.45) is 7.22. The molecular weight excluding hydrogens is 617 g/mol. The molecule has 1 aliphatic rings. The zero-order valence-corrected chi connectivity index (χ0v) is 26.9. The number of nitrogens with zero attached hydrogens (tertiary/aromatic N) is 6. The van der Waals surface area contributed by atoms with Gasteiger partial charge in [-0.25, -0.2) is 17.6 Å². The molecule has 0 amide bonds. The molecule has 0 unspecified atom stereocenters. The van der Waals surface area contributed by atoms with Crippen molar-refractivity contribution in [3.8, 4) is 12.1 Å². The largest absolute Gasteiger partial charge is 0.748 e. The average molecular weight is 653 g/mol. The van der Waals surface area contributed by atoms with Crippen LogP contribution >= 0.6 is 0 Å². The van der Waals surface area contributed by atoms with Gasteiger partial charge in [-0.2, -0.15) is 18.9 Å².